The molecule has 0 aliphatic rings. The number of carboxylic acids is 1. The molecular weight excluding hydrogens is 512 g/mol. The van der Waals surface area contributed by atoms with Gasteiger partial charge in [0.1, 0.15) is 18.1 Å². The molecule has 6 atom stereocenters. The van der Waals surface area contributed by atoms with E-state index in [1.165, 1.54) is 0 Å². The molecule has 3 amide bonds. The second kappa shape index (κ2) is 16.0. The molecule has 0 radical (unpaired) electrons. The van der Waals surface area contributed by atoms with Crippen molar-refractivity contribution in [3.63, 3.8) is 0 Å². The minimum Gasteiger partial charge on any atom is -0.480 e. The number of para-hydroxylation sites is 1. The van der Waals surface area contributed by atoms with Crippen molar-refractivity contribution < 1.29 is 24.3 Å². The van der Waals surface area contributed by atoms with Crippen molar-refractivity contribution in [2.24, 2.45) is 23.3 Å². The molecule has 2 rings (SSSR count). The molecular formula is C29H46N6O5. The van der Waals surface area contributed by atoms with Gasteiger partial charge in [0, 0.05) is 23.5 Å². The van der Waals surface area contributed by atoms with Crippen molar-refractivity contribution >= 4 is 34.6 Å². The molecule has 0 saturated heterocycles. The van der Waals surface area contributed by atoms with E-state index in [1.54, 1.807) is 6.20 Å². The summed E-state index contributed by atoms with van der Waals surface area (Å²) in [6.45, 7) is 7.94. The molecule has 0 saturated carbocycles. The van der Waals surface area contributed by atoms with Crippen molar-refractivity contribution in [3.8, 4) is 0 Å². The predicted octanol–water partition coefficient (Wildman–Crippen LogP) is 1.80. The van der Waals surface area contributed by atoms with Gasteiger partial charge in [-0.15, -0.1) is 0 Å². The minimum atomic E-state index is -1.20. The van der Waals surface area contributed by atoms with Crippen molar-refractivity contribution in [2.45, 2.75) is 90.4 Å². The molecule has 11 heteroatoms. The van der Waals surface area contributed by atoms with Crippen LogP contribution < -0.4 is 27.4 Å². The fourth-order valence-electron chi connectivity index (χ4n) is 4.53. The monoisotopic (exact) mass is 558 g/mol. The summed E-state index contributed by atoms with van der Waals surface area (Å²) in [5, 5.41) is 19.0. The van der Waals surface area contributed by atoms with Gasteiger partial charge in [-0.05, 0) is 42.9 Å². The number of hydrogen-bond acceptors (Lipinski definition) is 6. The second-order valence-electron chi connectivity index (χ2n) is 10.6. The number of benzene rings is 1. The summed E-state index contributed by atoms with van der Waals surface area (Å²) in [4.78, 5) is 54.8. The zero-order valence-electron chi connectivity index (χ0n) is 24.0. The lowest BCUT2D eigenvalue weighted by Crippen LogP contribution is -2.60. The zero-order valence-corrected chi connectivity index (χ0v) is 24.0. The highest BCUT2D eigenvalue weighted by Gasteiger charge is 2.34. The Hall–Kier alpha value is -3.44. The van der Waals surface area contributed by atoms with Gasteiger partial charge >= 0.3 is 5.97 Å². The summed E-state index contributed by atoms with van der Waals surface area (Å²) in [7, 11) is 0. The number of hydrogen-bond donors (Lipinski definition) is 7. The van der Waals surface area contributed by atoms with E-state index in [0.717, 1.165) is 22.9 Å². The number of aromatic nitrogens is 1. The minimum absolute atomic E-state index is 0.0693. The summed E-state index contributed by atoms with van der Waals surface area (Å²) >= 11 is 0. The number of carboxylic acid groups (broad SMARTS) is 1. The highest BCUT2D eigenvalue weighted by atomic mass is 16.4. The van der Waals surface area contributed by atoms with E-state index in [4.69, 9.17) is 11.5 Å². The Kier molecular flexibility index (Phi) is 13.1. The molecule has 0 fully saturated rings. The van der Waals surface area contributed by atoms with Crippen molar-refractivity contribution in [1.82, 2.24) is 20.9 Å². The van der Waals surface area contributed by atoms with Crippen molar-refractivity contribution in [2.75, 3.05) is 6.54 Å². The average Bonchev–Trinajstić information content (AvgIpc) is 3.35. The van der Waals surface area contributed by atoms with Crippen LogP contribution in [0, 0.1) is 11.8 Å². The molecule has 2 aromatic rings. The molecule has 6 unspecified atom stereocenters. The number of aromatic amines is 1. The number of aliphatic carboxylic acids is 1. The van der Waals surface area contributed by atoms with E-state index in [2.05, 4.69) is 20.9 Å². The van der Waals surface area contributed by atoms with Crippen LogP contribution in [0.25, 0.3) is 10.9 Å². The number of rotatable bonds is 17. The Bertz CT molecular complexity index is 1140. The van der Waals surface area contributed by atoms with Crippen LogP contribution in [-0.2, 0) is 25.6 Å². The summed E-state index contributed by atoms with van der Waals surface area (Å²) in [6.07, 6.45) is 4.87. The second-order valence-corrected chi connectivity index (χ2v) is 10.6. The lowest BCUT2D eigenvalue weighted by atomic mass is 9.94. The third kappa shape index (κ3) is 9.06. The first kappa shape index (κ1) is 32.8. The predicted molar refractivity (Wildman–Crippen MR) is 155 cm³/mol. The normalized spacial score (nSPS) is 15.8. The summed E-state index contributed by atoms with van der Waals surface area (Å²) < 4.78 is 0. The van der Waals surface area contributed by atoms with Crippen LogP contribution in [0.4, 0.5) is 0 Å². The van der Waals surface area contributed by atoms with E-state index in [1.807, 2.05) is 52.0 Å². The highest BCUT2D eigenvalue weighted by molar-refractivity contribution is 5.94. The average molecular weight is 559 g/mol. The SMILES string of the molecule is CCC(C)C(NC(=O)C(N)CCCCN)C(=O)NC(C(=O)NC(Cc1c[nH]c2ccccc12)C(=O)O)C(C)CC. The molecule has 0 spiro atoms. The van der Waals surface area contributed by atoms with Crippen LogP contribution in [0.15, 0.2) is 30.5 Å². The fraction of sp³-hybridized carbons (Fsp3) is 0.586. The van der Waals surface area contributed by atoms with Crippen molar-refractivity contribution in [1.29, 1.82) is 0 Å². The van der Waals surface area contributed by atoms with Gasteiger partial charge in [0.2, 0.25) is 17.7 Å². The van der Waals surface area contributed by atoms with Gasteiger partial charge in [-0.25, -0.2) is 4.79 Å². The number of unbranched alkanes of at least 4 members (excludes halogenated alkanes) is 1. The molecule has 1 heterocycles. The maximum absolute atomic E-state index is 13.4. The van der Waals surface area contributed by atoms with Crippen LogP contribution in [-0.4, -0.2) is 64.5 Å². The quantitative estimate of drug-likeness (QED) is 0.144. The standard InChI is InChI=1S/C29H46N6O5/c1-5-17(3)24(35-28(38)25(18(4)6-2)34-26(36)21(31)12-9-10-14-30)27(37)33-23(29(39)40)15-19-16-32-22-13-8-7-11-20(19)22/h7-8,11,13,16-18,21,23-25,32H,5-6,9-10,12,14-15,30-31H2,1-4H3,(H,33,37)(H,34,36)(H,35,38)(H,39,40). The fourth-order valence-corrected chi connectivity index (χ4v) is 4.53. The van der Waals surface area contributed by atoms with Crippen LogP contribution in [0.2, 0.25) is 0 Å². The van der Waals surface area contributed by atoms with E-state index >= 15 is 0 Å². The third-order valence-electron chi connectivity index (χ3n) is 7.61. The maximum atomic E-state index is 13.4. The maximum Gasteiger partial charge on any atom is 0.326 e. The van der Waals surface area contributed by atoms with Crippen LogP contribution in [0.3, 0.4) is 0 Å². The summed E-state index contributed by atoms with van der Waals surface area (Å²) in [6, 6.07) is 3.64. The Morgan fingerprint density at radius 1 is 0.900 bits per heavy atom. The van der Waals surface area contributed by atoms with Crippen molar-refractivity contribution in [3.05, 3.63) is 36.0 Å². The molecule has 40 heavy (non-hydrogen) atoms. The number of H-pyrrole nitrogens is 1. The third-order valence-corrected chi connectivity index (χ3v) is 7.61. The zero-order chi connectivity index (χ0) is 29.8. The summed E-state index contributed by atoms with van der Waals surface area (Å²) in [5.74, 6) is -3.25. The molecule has 0 aliphatic heterocycles. The van der Waals surface area contributed by atoms with Gasteiger partial charge < -0.3 is 37.5 Å². The first-order valence-corrected chi connectivity index (χ1v) is 14.2. The summed E-state index contributed by atoms with van der Waals surface area (Å²) in [5.41, 5.74) is 13.2. The molecule has 222 valence electrons. The van der Waals surface area contributed by atoms with Gasteiger partial charge in [-0.3, -0.25) is 14.4 Å². The number of nitrogens with two attached hydrogens (primary N) is 2. The topological polar surface area (TPSA) is 192 Å². The van der Waals surface area contributed by atoms with Crippen LogP contribution >= 0.6 is 0 Å². The van der Waals surface area contributed by atoms with Crippen LogP contribution in [0.1, 0.15) is 65.4 Å². The molecule has 0 bridgehead atoms. The van der Waals surface area contributed by atoms with E-state index in [-0.39, 0.29) is 18.3 Å². The Balaban J connectivity index is 2.17. The first-order valence-electron chi connectivity index (χ1n) is 14.2. The molecule has 9 N–H and O–H groups in total. The molecule has 1 aromatic heterocycles. The smallest absolute Gasteiger partial charge is 0.326 e. The lowest BCUT2D eigenvalue weighted by Gasteiger charge is -2.30. The van der Waals surface area contributed by atoms with E-state index in [0.29, 0.717) is 32.2 Å². The van der Waals surface area contributed by atoms with Gasteiger partial charge in [0.05, 0.1) is 6.04 Å². The number of fused-ring (bicyclic) bond motifs is 1. The molecule has 11 nitrogen and oxygen atoms in total. The van der Waals surface area contributed by atoms with Gasteiger partial charge in [0.25, 0.3) is 0 Å². The Labute approximate surface area is 236 Å². The van der Waals surface area contributed by atoms with Crippen LogP contribution in [0.5, 0.6) is 0 Å². The van der Waals surface area contributed by atoms with Gasteiger partial charge in [0.15, 0.2) is 0 Å². The number of carbonyl (C=O) groups is 4. The Morgan fingerprint density at radius 3 is 2.05 bits per heavy atom. The van der Waals surface area contributed by atoms with E-state index in [9.17, 15) is 24.3 Å². The number of nitrogens with one attached hydrogen (secondary N) is 4. The largest absolute Gasteiger partial charge is 0.480 e. The highest BCUT2D eigenvalue weighted by Crippen LogP contribution is 2.20. The van der Waals surface area contributed by atoms with E-state index < -0.39 is 47.9 Å². The molecule has 0 aliphatic carbocycles. The lowest BCUT2D eigenvalue weighted by molar-refractivity contribution is -0.142. The van der Waals surface area contributed by atoms with Gasteiger partial charge in [-0.2, -0.15) is 0 Å². The first-order chi connectivity index (χ1) is 19.0. The molecule has 1 aromatic carbocycles. The Morgan fingerprint density at radius 2 is 1.48 bits per heavy atom. The number of carbonyl (C=O) groups excluding carboxylic acids is 3. The number of amides is 3. The van der Waals surface area contributed by atoms with Gasteiger partial charge in [-0.1, -0.05) is 65.2 Å².